The Bertz CT molecular complexity index is 359. The maximum atomic E-state index is 6.81. The molecule has 140 valence electrons. The fraction of sp³-hybridized carbons (Fsp3) is 0.818. The summed E-state index contributed by atoms with van der Waals surface area (Å²) < 4.78 is 5.62. The van der Waals surface area contributed by atoms with E-state index in [1.165, 1.54) is 70.6 Å². The summed E-state index contributed by atoms with van der Waals surface area (Å²) in [6.45, 7) is 6.75. The van der Waals surface area contributed by atoms with Crippen LogP contribution >= 0.6 is 11.6 Å². The average molecular weight is 355 g/mol. The number of alkyl halides is 1. The van der Waals surface area contributed by atoms with Crippen LogP contribution in [0, 0.1) is 5.92 Å². The van der Waals surface area contributed by atoms with Crippen LogP contribution in [-0.2, 0) is 4.74 Å². The highest BCUT2D eigenvalue weighted by Gasteiger charge is 2.31. The second kappa shape index (κ2) is 12.9. The van der Waals surface area contributed by atoms with Crippen LogP contribution in [0.4, 0.5) is 0 Å². The fourth-order valence-corrected chi connectivity index (χ4v) is 3.64. The third-order valence-corrected chi connectivity index (χ3v) is 5.91. The molecule has 0 saturated carbocycles. The molecule has 3 atom stereocenters. The van der Waals surface area contributed by atoms with E-state index in [4.69, 9.17) is 16.3 Å². The zero-order chi connectivity index (χ0) is 17.7. The predicted molar refractivity (Wildman–Crippen MR) is 108 cm³/mol. The van der Waals surface area contributed by atoms with Gasteiger partial charge in [0.1, 0.15) is 6.10 Å². The minimum absolute atomic E-state index is 0.132. The molecule has 3 unspecified atom stereocenters. The van der Waals surface area contributed by atoms with Crippen molar-refractivity contribution in [2.45, 2.75) is 109 Å². The van der Waals surface area contributed by atoms with Crippen molar-refractivity contribution in [2.75, 3.05) is 0 Å². The number of ether oxygens (including phenoxy) is 1. The molecule has 1 nitrogen and oxygen atoms in total. The Morgan fingerprint density at radius 3 is 2.08 bits per heavy atom. The van der Waals surface area contributed by atoms with Crippen molar-refractivity contribution in [1.29, 1.82) is 0 Å². The standard InChI is InChI=1S/C22H39ClO/c1-4-5-6-7-8-9-10-11-12-13-16-20(2)22(3,23)19-21-17-14-15-18-24-21/h14-15,17-18,20-21H,4-13,16,19H2,1-3H3. The monoisotopic (exact) mass is 354 g/mol. The van der Waals surface area contributed by atoms with Crippen LogP contribution in [0.5, 0.6) is 0 Å². The lowest BCUT2D eigenvalue weighted by Gasteiger charge is -2.32. The Balaban J connectivity index is 2.02. The van der Waals surface area contributed by atoms with Gasteiger partial charge >= 0.3 is 0 Å². The lowest BCUT2D eigenvalue weighted by atomic mass is 9.85. The van der Waals surface area contributed by atoms with Crippen LogP contribution in [0.3, 0.4) is 0 Å². The molecule has 0 aliphatic carbocycles. The zero-order valence-electron chi connectivity index (χ0n) is 16.2. The number of halogens is 1. The Hall–Kier alpha value is -0.430. The summed E-state index contributed by atoms with van der Waals surface area (Å²) in [6.07, 6.45) is 24.0. The molecule has 0 amide bonds. The Morgan fingerprint density at radius 1 is 0.958 bits per heavy atom. The van der Waals surface area contributed by atoms with E-state index in [-0.39, 0.29) is 11.0 Å². The van der Waals surface area contributed by atoms with Crippen LogP contribution in [0.2, 0.25) is 0 Å². The second-order valence-electron chi connectivity index (χ2n) is 7.74. The minimum Gasteiger partial charge on any atom is -0.494 e. The van der Waals surface area contributed by atoms with Crippen LogP contribution in [-0.4, -0.2) is 11.0 Å². The van der Waals surface area contributed by atoms with Crippen molar-refractivity contribution in [3.05, 3.63) is 24.5 Å². The van der Waals surface area contributed by atoms with Crippen LogP contribution in [0.1, 0.15) is 97.8 Å². The molecule has 1 rings (SSSR count). The van der Waals surface area contributed by atoms with E-state index in [1.54, 1.807) is 6.26 Å². The molecule has 1 aliphatic heterocycles. The molecule has 0 saturated heterocycles. The number of allylic oxidation sites excluding steroid dienone is 2. The molecule has 0 spiro atoms. The van der Waals surface area contributed by atoms with E-state index in [1.807, 2.05) is 12.2 Å². The molecule has 1 heterocycles. The first-order chi connectivity index (χ1) is 11.6. The number of unbranched alkanes of at least 4 members (excludes halogenated alkanes) is 9. The Kier molecular flexibility index (Phi) is 11.6. The highest BCUT2D eigenvalue weighted by molar-refractivity contribution is 6.23. The summed E-state index contributed by atoms with van der Waals surface area (Å²) in [5, 5.41) is 0. The maximum Gasteiger partial charge on any atom is 0.118 e. The van der Waals surface area contributed by atoms with Crippen LogP contribution < -0.4 is 0 Å². The van der Waals surface area contributed by atoms with Crippen molar-refractivity contribution >= 4 is 11.6 Å². The number of rotatable bonds is 14. The van der Waals surface area contributed by atoms with Gasteiger partial charge in [-0.05, 0) is 31.4 Å². The van der Waals surface area contributed by atoms with Gasteiger partial charge in [-0.3, -0.25) is 0 Å². The van der Waals surface area contributed by atoms with Gasteiger partial charge in [0.25, 0.3) is 0 Å². The fourth-order valence-electron chi connectivity index (χ4n) is 3.37. The summed E-state index contributed by atoms with van der Waals surface area (Å²) in [5.41, 5.74) is 0. The summed E-state index contributed by atoms with van der Waals surface area (Å²) in [4.78, 5) is -0.181. The summed E-state index contributed by atoms with van der Waals surface area (Å²) in [5.74, 6) is 0.524. The van der Waals surface area contributed by atoms with E-state index in [0.717, 1.165) is 6.42 Å². The second-order valence-corrected chi connectivity index (χ2v) is 8.61. The van der Waals surface area contributed by atoms with Crippen LogP contribution in [0.25, 0.3) is 0 Å². The van der Waals surface area contributed by atoms with E-state index in [2.05, 4.69) is 26.8 Å². The van der Waals surface area contributed by atoms with Gasteiger partial charge in [-0.25, -0.2) is 0 Å². The Labute approximate surface area is 155 Å². The van der Waals surface area contributed by atoms with Gasteiger partial charge in [0.15, 0.2) is 0 Å². The largest absolute Gasteiger partial charge is 0.494 e. The molecule has 0 radical (unpaired) electrons. The average Bonchev–Trinajstić information content (AvgIpc) is 2.57. The van der Waals surface area contributed by atoms with E-state index < -0.39 is 0 Å². The third kappa shape index (κ3) is 9.77. The molecule has 1 aliphatic rings. The van der Waals surface area contributed by atoms with Crippen molar-refractivity contribution in [3.63, 3.8) is 0 Å². The van der Waals surface area contributed by atoms with E-state index in [9.17, 15) is 0 Å². The van der Waals surface area contributed by atoms with Crippen molar-refractivity contribution < 1.29 is 4.74 Å². The number of hydrogen-bond acceptors (Lipinski definition) is 1. The molecule has 0 fully saturated rings. The third-order valence-electron chi connectivity index (χ3n) is 5.39. The molecule has 0 aromatic heterocycles. The van der Waals surface area contributed by atoms with E-state index >= 15 is 0 Å². The van der Waals surface area contributed by atoms with Gasteiger partial charge in [-0.1, -0.05) is 84.1 Å². The molecule has 24 heavy (non-hydrogen) atoms. The lowest BCUT2D eigenvalue weighted by Crippen LogP contribution is -2.31. The van der Waals surface area contributed by atoms with Gasteiger partial charge < -0.3 is 4.74 Å². The van der Waals surface area contributed by atoms with Crippen molar-refractivity contribution in [1.82, 2.24) is 0 Å². The molecule has 2 heteroatoms. The van der Waals surface area contributed by atoms with Crippen molar-refractivity contribution in [3.8, 4) is 0 Å². The summed E-state index contributed by atoms with van der Waals surface area (Å²) >= 11 is 6.81. The Morgan fingerprint density at radius 2 is 1.54 bits per heavy atom. The first-order valence-electron chi connectivity index (χ1n) is 10.2. The lowest BCUT2D eigenvalue weighted by molar-refractivity contribution is 0.149. The molecule has 0 N–H and O–H groups in total. The van der Waals surface area contributed by atoms with E-state index in [0.29, 0.717) is 5.92 Å². The topological polar surface area (TPSA) is 9.23 Å². The highest BCUT2D eigenvalue weighted by Crippen LogP contribution is 2.35. The molecule has 0 aromatic carbocycles. The molecule has 0 bridgehead atoms. The van der Waals surface area contributed by atoms with Gasteiger partial charge in [0, 0.05) is 11.3 Å². The normalized spacial score (nSPS) is 20.6. The molecule has 0 aromatic rings. The van der Waals surface area contributed by atoms with Gasteiger partial charge in [-0.15, -0.1) is 11.6 Å². The maximum absolute atomic E-state index is 6.81. The van der Waals surface area contributed by atoms with Crippen molar-refractivity contribution in [2.24, 2.45) is 5.92 Å². The smallest absolute Gasteiger partial charge is 0.118 e. The number of hydrogen-bond donors (Lipinski definition) is 0. The van der Waals surface area contributed by atoms with Crippen LogP contribution in [0.15, 0.2) is 24.5 Å². The molecular weight excluding hydrogens is 316 g/mol. The highest BCUT2D eigenvalue weighted by atomic mass is 35.5. The summed E-state index contributed by atoms with van der Waals surface area (Å²) in [6, 6.07) is 0. The quantitative estimate of drug-likeness (QED) is 0.228. The predicted octanol–water partition coefficient (Wildman–Crippen LogP) is 7.79. The first kappa shape index (κ1) is 21.6. The van der Waals surface area contributed by atoms with Gasteiger partial charge in [-0.2, -0.15) is 0 Å². The van der Waals surface area contributed by atoms with Gasteiger partial charge in [0.2, 0.25) is 0 Å². The minimum atomic E-state index is -0.181. The molecular formula is C22H39ClO. The first-order valence-corrected chi connectivity index (χ1v) is 10.6. The summed E-state index contributed by atoms with van der Waals surface area (Å²) in [7, 11) is 0. The van der Waals surface area contributed by atoms with Gasteiger partial charge in [0.05, 0.1) is 6.26 Å². The SMILES string of the molecule is CCCCCCCCCCCCC(C)C(C)(Cl)CC1C=CC=CO1. The zero-order valence-corrected chi connectivity index (χ0v) is 17.0.